The van der Waals surface area contributed by atoms with E-state index < -0.39 is 0 Å². The number of anilines is 12. The molecule has 8 heteroatoms. The van der Waals surface area contributed by atoms with Crippen molar-refractivity contribution in [1.82, 2.24) is 0 Å². The molecule has 0 atom stereocenters. The van der Waals surface area contributed by atoms with Crippen LogP contribution in [0.15, 0.2) is 388 Å². The van der Waals surface area contributed by atoms with Gasteiger partial charge in [-0.25, -0.2) is 0 Å². The van der Waals surface area contributed by atoms with Gasteiger partial charge in [0, 0.05) is 0 Å². The monoisotopic (exact) mass is 1500 g/mol. The van der Waals surface area contributed by atoms with Crippen LogP contribution in [0, 0.1) is 0 Å². The predicted molar refractivity (Wildman–Crippen MR) is 464 cm³/mol. The summed E-state index contributed by atoms with van der Waals surface area (Å²) in [5.74, 6) is 0. The van der Waals surface area contributed by atoms with Crippen molar-refractivity contribution >= 4 is 205 Å². The van der Waals surface area contributed by atoms with E-state index in [9.17, 15) is 0 Å². The van der Waals surface area contributed by atoms with Gasteiger partial charge in [0.25, 0.3) is 0 Å². The molecule has 22 rings (SSSR count). The van der Waals surface area contributed by atoms with Crippen molar-refractivity contribution in [2.24, 2.45) is 0 Å². The summed E-state index contributed by atoms with van der Waals surface area (Å²) >= 11 is -0.656. The van der Waals surface area contributed by atoms with Gasteiger partial charge in [0.05, 0.1) is 0 Å². The number of benzene rings is 18. The fraction of sp³-hybridized carbons (Fsp3) is 0. The van der Waals surface area contributed by atoms with E-state index >= 15 is 0 Å². The van der Waals surface area contributed by atoms with Gasteiger partial charge in [0.1, 0.15) is 0 Å². The molecule has 18 aromatic rings. The first kappa shape index (κ1) is 62.7. The van der Waals surface area contributed by atoms with E-state index in [0.29, 0.717) is 0 Å². The molecule has 4 aliphatic rings. The zero-order valence-corrected chi connectivity index (χ0v) is 62.1. The van der Waals surface area contributed by atoms with Crippen molar-refractivity contribution in [3.05, 3.63) is 388 Å². The molecule has 0 radical (unpaired) electrons. The van der Waals surface area contributed by atoms with Crippen LogP contribution < -0.4 is 70.2 Å². The molecule has 0 spiro atoms. The molecule has 0 saturated heterocycles. The Hall–Kier alpha value is -12.6. The van der Waals surface area contributed by atoms with Crippen molar-refractivity contribution in [2.45, 2.75) is 0 Å². The number of para-hydroxylation sites is 8. The Morgan fingerprint density at radius 1 is 0.222 bits per heavy atom. The molecule has 0 fully saturated rings. The Labute approximate surface area is 641 Å². The van der Waals surface area contributed by atoms with Gasteiger partial charge in [-0.05, 0) is 0 Å². The summed E-state index contributed by atoms with van der Waals surface area (Å²) in [6.45, 7) is -0.324. The van der Waals surface area contributed by atoms with E-state index in [4.69, 9.17) is 0 Å². The van der Waals surface area contributed by atoms with Gasteiger partial charge in [0.2, 0.25) is 0 Å². The van der Waals surface area contributed by atoms with E-state index in [1.807, 2.05) is 0 Å². The maximum atomic E-state index is 2.79. The predicted octanol–water partition coefficient (Wildman–Crippen LogP) is 18.8. The summed E-state index contributed by atoms with van der Waals surface area (Å²) in [6.07, 6.45) is 0. The maximum absolute atomic E-state index is 2.79. The molecule has 0 bridgehead atoms. The van der Waals surface area contributed by atoms with Gasteiger partial charge in [-0.1, -0.05) is 0 Å². The molecule has 4 nitrogen and oxygen atoms in total. The van der Waals surface area contributed by atoms with Crippen LogP contribution in [0.2, 0.25) is 0 Å². The topological polar surface area (TPSA) is 13.0 Å². The molecule has 0 N–H and O–H groups in total. The number of nitrogens with zero attached hydrogens (tertiary/aromatic N) is 4. The molecular weight excluding hydrogens is 1440 g/mol. The molecule has 4 heterocycles. The Kier molecular flexibility index (Phi) is 14.8. The zero-order valence-electron chi connectivity index (χ0n) is 58.7. The minimum absolute atomic E-state index is 0.162. The zero-order chi connectivity index (χ0) is 70.9. The average Bonchev–Trinajstić information content (AvgIpc) is 0.683. The third-order valence-electron chi connectivity index (χ3n) is 22.6. The van der Waals surface area contributed by atoms with Crippen LogP contribution in [-0.4, -0.2) is 43.3 Å². The first-order valence-corrected chi connectivity index (χ1v) is 40.6. The summed E-state index contributed by atoms with van der Waals surface area (Å²) in [7, 11) is 0. The molecule has 0 saturated carbocycles. The van der Waals surface area contributed by atoms with Crippen LogP contribution in [0.4, 0.5) is 68.2 Å². The van der Waals surface area contributed by atoms with E-state index in [2.05, 4.69) is 408 Å². The Morgan fingerprint density at radius 3 is 0.898 bits per heavy atom. The molecule has 0 aromatic heterocycles. The second kappa shape index (κ2) is 25.6. The second-order valence-electron chi connectivity index (χ2n) is 28.5. The van der Waals surface area contributed by atoms with Crippen LogP contribution in [0.5, 0.6) is 0 Å². The van der Waals surface area contributed by atoms with Crippen LogP contribution >= 0.6 is 0 Å². The number of fused-ring (bicyclic) bond motifs is 12. The Morgan fingerprint density at radius 2 is 0.537 bits per heavy atom. The number of hydrogen-bond donors (Lipinski definition) is 0. The molecular formula is C100H64B2N4Se2. The number of rotatable bonds is 11. The average molecular weight is 1500 g/mol. The molecule has 18 aromatic carbocycles. The van der Waals surface area contributed by atoms with Crippen molar-refractivity contribution in [2.75, 3.05) is 19.6 Å². The second-order valence-corrected chi connectivity index (χ2v) is 32.9. The summed E-state index contributed by atoms with van der Waals surface area (Å²) < 4.78 is 5.63. The van der Waals surface area contributed by atoms with Crippen LogP contribution in [0.3, 0.4) is 0 Å². The van der Waals surface area contributed by atoms with Crippen molar-refractivity contribution in [3.8, 4) is 33.4 Å². The summed E-state index contributed by atoms with van der Waals surface area (Å²) in [4.78, 5) is 10.1. The van der Waals surface area contributed by atoms with Crippen LogP contribution in [-0.2, 0) is 0 Å². The molecule has 4 aliphatic heterocycles. The van der Waals surface area contributed by atoms with E-state index in [1.54, 1.807) is 0 Å². The van der Waals surface area contributed by atoms with Crippen molar-refractivity contribution in [1.29, 1.82) is 0 Å². The van der Waals surface area contributed by atoms with Gasteiger partial charge >= 0.3 is 647 Å². The molecule has 0 aliphatic carbocycles. The van der Waals surface area contributed by atoms with Gasteiger partial charge in [-0.3, -0.25) is 0 Å². The quantitative estimate of drug-likeness (QED) is 0.0945. The molecule has 502 valence electrons. The summed E-state index contributed by atoms with van der Waals surface area (Å²) in [5, 5.41) is 9.82. The van der Waals surface area contributed by atoms with Gasteiger partial charge in [0.15, 0.2) is 0 Å². The first-order valence-electron chi connectivity index (χ1n) is 37.2. The Bertz CT molecular complexity index is 6080. The first-order chi connectivity index (χ1) is 53.6. The summed E-state index contributed by atoms with van der Waals surface area (Å²) in [5.41, 5.74) is 29.5. The van der Waals surface area contributed by atoms with E-state index in [-0.39, 0.29) is 43.3 Å². The third kappa shape index (κ3) is 9.92. The third-order valence-corrected chi connectivity index (χ3v) is 27.6. The SMILES string of the molecule is c1ccc(N(c2ccccc2)c2cc3c4c(c2)N(c2ccccc2)c2ccccc2B4c2cc4c(c(-c5c(-c6c7ccccc7cc7ccccc67)cccc5-c5c6ccccc6cc6ccccc56)c2[Se]3)[Se]c2cc(N(c3ccccc3)c3ccccc3)cc3c2B4c2ccccc2N3c2ccccc2)cc1. The normalized spacial score (nSPS) is 12.9. The summed E-state index contributed by atoms with van der Waals surface area (Å²) in [6, 6.07) is 147. The standard InChI is InChI=1S/C100H64B2N4Se2/c1-7-36-69(37-8-1)103(70-38-9-2-10-39-70)75-60-89-97-91(62-75)107-99-85(101(97)83-54-27-29-56-87(83)105(89)73-44-15-5-16-45-73)64-86-100(108-92-63-76(104(71-40-11-3-12-41-71)72-42-13-4-14-43-72)61-90-98(92)102(86)84-55-28-30-57-88(84)106(90)74-46-17-6-18-47-74)96(99)95-81(93-77-48-23-19-32-65(77)58-66-33-20-24-49-78(66)93)52-31-53-82(95)94-79-50-25-21-34-67(79)59-68-35-22-26-51-80(68)94/h1-64H. The molecule has 0 unspecified atom stereocenters. The molecule has 0 amide bonds. The van der Waals surface area contributed by atoms with E-state index in [0.717, 1.165) is 45.5 Å². The van der Waals surface area contributed by atoms with Gasteiger partial charge in [-0.2, -0.15) is 0 Å². The van der Waals surface area contributed by atoms with Crippen molar-refractivity contribution in [3.63, 3.8) is 0 Å². The van der Waals surface area contributed by atoms with Gasteiger partial charge in [-0.15, -0.1) is 0 Å². The van der Waals surface area contributed by atoms with Crippen molar-refractivity contribution < 1.29 is 0 Å². The number of hydrogen-bond acceptors (Lipinski definition) is 4. The Balaban J connectivity index is 0.931. The minimum atomic E-state index is -0.328. The fourth-order valence-corrected chi connectivity index (χ4v) is 24.1. The fourth-order valence-electron chi connectivity index (χ4n) is 18.2. The molecule has 108 heavy (non-hydrogen) atoms. The van der Waals surface area contributed by atoms with Gasteiger partial charge < -0.3 is 0 Å². The van der Waals surface area contributed by atoms with E-state index in [1.165, 1.54) is 150 Å². The van der Waals surface area contributed by atoms with Crippen LogP contribution in [0.1, 0.15) is 0 Å². The van der Waals surface area contributed by atoms with Crippen LogP contribution in [0.25, 0.3) is 76.5 Å².